The van der Waals surface area contributed by atoms with E-state index in [1.54, 1.807) is 0 Å². The largest absolute Gasteiger partial charge is 0.492 e. The smallest absolute Gasteiger partial charge is 0.199 e. The van der Waals surface area contributed by atoms with E-state index in [-0.39, 0.29) is 52.2 Å². The second-order valence-corrected chi connectivity index (χ2v) is 13.1. The number of thiocarbonyl (C=S) groups is 2. The highest BCUT2D eigenvalue weighted by Gasteiger charge is 2.10. The second-order valence-electron chi connectivity index (χ2n) is 9.94. The van der Waals surface area contributed by atoms with Gasteiger partial charge in [-0.25, -0.2) is 0 Å². The van der Waals surface area contributed by atoms with Gasteiger partial charge in [0.1, 0.15) is 24.7 Å². The number of aliphatic imine (C=N–C) groups is 2. The van der Waals surface area contributed by atoms with E-state index >= 15 is 0 Å². The zero-order valence-electron chi connectivity index (χ0n) is 29.6. The Hall–Kier alpha value is -1.64. The fraction of sp³-hybridized carbons (Fsp3) is 0.529. The number of halogens is 1. The number of nitrogens with one attached hydrogen (secondary N) is 2. The Balaban J connectivity index is -0.000000370. The maximum Gasteiger partial charge on any atom is 0.199 e. The average Bonchev–Trinajstić information content (AvgIpc) is 3.08. The summed E-state index contributed by atoms with van der Waals surface area (Å²) in [4.78, 5) is 12.7. The molecule has 0 saturated carbocycles. The lowest BCUT2D eigenvalue weighted by molar-refractivity contribution is 0.0321. The Morgan fingerprint density at radius 1 is 0.830 bits per heavy atom. The number of morpholine rings is 2. The van der Waals surface area contributed by atoms with E-state index in [9.17, 15) is 0 Å². The van der Waals surface area contributed by atoms with Gasteiger partial charge in [-0.3, -0.25) is 15.2 Å². The van der Waals surface area contributed by atoms with Crippen molar-refractivity contribution in [2.24, 2.45) is 21.5 Å². The van der Waals surface area contributed by atoms with Crippen LogP contribution in [0.2, 0.25) is 0 Å². The lowest BCUT2D eigenvalue weighted by Crippen LogP contribution is -2.38. The van der Waals surface area contributed by atoms with Gasteiger partial charge in [-0.05, 0) is 84.5 Å². The molecule has 2 aliphatic heterocycles. The molecule has 2 atom stereocenters. The molecule has 6 N–H and O–H groups in total. The number of hydrogen-bond acceptors (Lipinski definition) is 12. The minimum Gasteiger partial charge on any atom is -0.492 e. The van der Waals surface area contributed by atoms with Crippen molar-refractivity contribution in [2.75, 3.05) is 95.7 Å². The molecule has 0 amide bonds. The molecule has 4 rings (SSSR count). The summed E-state index contributed by atoms with van der Waals surface area (Å²) < 4.78 is 22.1. The summed E-state index contributed by atoms with van der Waals surface area (Å²) in [7, 11) is 0. The summed E-state index contributed by atoms with van der Waals surface area (Å²) >= 11 is 12.5. The van der Waals surface area contributed by atoms with Gasteiger partial charge in [0.25, 0.3) is 0 Å². The molecular weight excluding hydrogens is 810 g/mol. The third kappa shape index (κ3) is 29.3. The quantitative estimate of drug-likeness (QED) is 0.0771. The van der Waals surface area contributed by atoms with Crippen molar-refractivity contribution in [3.63, 3.8) is 0 Å². The van der Waals surface area contributed by atoms with Crippen LogP contribution < -0.4 is 26.3 Å². The first-order valence-corrected chi connectivity index (χ1v) is 18.5. The summed E-state index contributed by atoms with van der Waals surface area (Å²) in [6, 6.07) is 15.2. The summed E-state index contributed by atoms with van der Waals surface area (Å²) in [6.45, 7) is 14.4. The van der Waals surface area contributed by atoms with Crippen molar-refractivity contribution >= 4 is 112 Å². The van der Waals surface area contributed by atoms with E-state index in [1.165, 1.54) is 23.5 Å². The zero-order chi connectivity index (χ0) is 34.8. The van der Waals surface area contributed by atoms with Gasteiger partial charge in [0, 0.05) is 45.0 Å². The number of nitrogens with zero attached hydrogens (tertiary/aromatic N) is 4. The van der Waals surface area contributed by atoms with Gasteiger partial charge < -0.3 is 35.7 Å². The van der Waals surface area contributed by atoms with Crippen LogP contribution in [0.4, 0.5) is 11.4 Å². The maximum absolute atomic E-state index is 6.64. The highest BCUT2D eigenvalue weighted by molar-refractivity contribution is 8.14. The number of anilines is 1. The number of amidine groups is 2. The third-order valence-corrected chi connectivity index (χ3v) is 8.04. The standard InChI is InChI=1S/C16H24N4O2S2.C13H16N2O2S.C3H8N2S.2CH4.ClH.2H3P/c1-2-24-15(17)19-16(23)18-13-3-5-14(6-4-13)22-12-9-20-7-10-21-11-8-20;18-11-14-12-1-3-13(4-2-12)17-10-7-15-5-8-16-9-6-15;1-2-6-3(4)5;;;;;/h3-6H,2,7-12H2,1H3,(H3,17,18,19,23);1-4H,5-10H2;2H2,1H3,(H3,4,5);2*1H4;1H;2*1H3. The zero-order valence-corrected chi connectivity index (χ0v) is 36.5. The molecular formula is C34H63ClN8O4P2S4. The van der Waals surface area contributed by atoms with E-state index in [0.717, 1.165) is 100 Å². The van der Waals surface area contributed by atoms with E-state index in [2.05, 4.69) is 42.5 Å². The number of thioether (sulfide) groups is 2. The van der Waals surface area contributed by atoms with Crippen LogP contribution in [-0.2, 0) is 9.47 Å². The van der Waals surface area contributed by atoms with Gasteiger partial charge in [0.15, 0.2) is 15.4 Å². The van der Waals surface area contributed by atoms with Crippen LogP contribution in [0, 0.1) is 5.41 Å². The maximum atomic E-state index is 6.64. The van der Waals surface area contributed by atoms with Crippen LogP contribution in [-0.4, -0.2) is 121 Å². The number of benzene rings is 2. The second kappa shape index (κ2) is 37.3. The lowest BCUT2D eigenvalue weighted by atomic mass is 10.3. The molecule has 0 bridgehead atoms. The monoisotopic (exact) mass is 872 g/mol. The molecule has 304 valence electrons. The van der Waals surface area contributed by atoms with Crippen molar-refractivity contribution in [3.05, 3.63) is 48.5 Å². The van der Waals surface area contributed by atoms with Crippen molar-refractivity contribution in [1.82, 2.24) is 9.80 Å². The molecule has 0 aromatic heterocycles. The van der Waals surface area contributed by atoms with Crippen LogP contribution in [0.3, 0.4) is 0 Å². The molecule has 19 heteroatoms. The number of isothiocyanates is 1. The number of hydrogen-bond donors (Lipinski definition) is 4. The number of rotatable bonds is 12. The minimum absolute atomic E-state index is 0. The van der Waals surface area contributed by atoms with Gasteiger partial charge in [-0.15, -0.1) is 12.4 Å². The summed E-state index contributed by atoms with van der Waals surface area (Å²) in [5, 5.41) is 13.0. The Morgan fingerprint density at radius 3 is 1.64 bits per heavy atom. The highest BCUT2D eigenvalue weighted by Crippen LogP contribution is 2.18. The van der Waals surface area contributed by atoms with E-state index in [1.807, 2.05) is 62.4 Å². The first-order chi connectivity index (χ1) is 23.3. The van der Waals surface area contributed by atoms with Crippen molar-refractivity contribution in [3.8, 4) is 11.5 Å². The highest BCUT2D eigenvalue weighted by atomic mass is 35.5. The molecule has 2 aromatic carbocycles. The molecule has 53 heavy (non-hydrogen) atoms. The van der Waals surface area contributed by atoms with Gasteiger partial charge in [-0.1, -0.05) is 52.2 Å². The topological polar surface area (TPSA) is 156 Å². The molecule has 0 radical (unpaired) electrons. The van der Waals surface area contributed by atoms with Crippen molar-refractivity contribution < 1.29 is 18.9 Å². The molecule has 0 aliphatic carbocycles. The molecule has 2 aromatic rings. The van der Waals surface area contributed by atoms with Crippen LogP contribution in [0.5, 0.6) is 11.5 Å². The summed E-state index contributed by atoms with van der Waals surface area (Å²) in [6.07, 6.45) is 0. The normalized spacial score (nSPS) is 13.6. The van der Waals surface area contributed by atoms with Crippen molar-refractivity contribution in [2.45, 2.75) is 28.7 Å². The molecule has 0 spiro atoms. The summed E-state index contributed by atoms with van der Waals surface area (Å²) in [5.74, 6) is 3.46. The lowest BCUT2D eigenvalue weighted by Gasteiger charge is -2.26. The van der Waals surface area contributed by atoms with Gasteiger partial charge in [0.2, 0.25) is 0 Å². The van der Waals surface area contributed by atoms with Gasteiger partial charge in [0.05, 0.1) is 37.3 Å². The predicted molar refractivity (Wildman–Crippen MR) is 252 cm³/mol. The molecule has 2 fully saturated rings. The van der Waals surface area contributed by atoms with Crippen LogP contribution >= 0.6 is 80.2 Å². The SMILES string of the molecule is C.C.CCSC(=N)N.CCSC(N)=NC(=S)Nc1ccc(OCCN2CCOCC2)cc1.Cl.P.P.S=C=Nc1ccc(OCCN2CCOCC2)cc1. The van der Waals surface area contributed by atoms with E-state index in [0.29, 0.717) is 23.5 Å². The molecule has 2 unspecified atom stereocenters. The Bertz CT molecular complexity index is 1290. The Morgan fingerprint density at radius 2 is 1.26 bits per heavy atom. The van der Waals surface area contributed by atoms with Crippen LogP contribution in [0.25, 0.3) is 0 Å². The Kier molecular flexibility index (Phi) is 40.9. The van der Waals surface area contributed by atoms with E-state index in [4.69, 9.17) is 48.0 Å². The number of ether oxygens (including phenoxy) is 4. The average molecular weight is 874 g/mol. The third-order valence-electron chi connectivity index (χ3n) is 6.48. The molecule has 2 saturated heterocycles. The summed E-state index contributed by atoms with van der Waals surface area (Å²) in [5.41, 5.74) is 12.3. The Labute approximate surface area is 350 Å². The fourth-order valence-electron chi connectivity index (χ4n) is 4.13. The first kappa shape index (κ1) is 58.1. The van der Waals surface area contributed by atoms with Gasteiger partial charge in [-0.2, -0.15) is 29.8 Å². The fourth-order valence-corrected chi connectivity index (χ4v) is 5.27. The molecule has 2 aliphatic rings. The number of nitrogens with two attached hydrogens (primary N) is 2. The van der Waals surface area contributed by atoms with Crippen LogP contribution in [0.15, 0.2) is 58.5 Å². The van der Waals surface area contributed by atoms with Crippen LogP contribution in [0.1, 0.15) is 28.7 Å². The predicted octanol–water partition coefficient (Wildman–Crippen LogP) is 6.74. The molecule has 12 nitrogen and oxygen atoms in total. The van der Waals surface area contributed by atoms with E-state index < -0.39 is 0 Å². The van der Waals surface area contributed by atoms with Crippen molar-refractivity contribution in [1.29, 1.82) is 5.41 Å². The first-order valence-electron chi connectivity index (χ1n) is 15.7. The van der Waals surface area contributed by atoms with Gasteiger partial charge >= 0.3 is 0 Å². The molecule has 2 heterocycles. The minimum atomic E-state index is 0.